The van der Waals surface area contributed by atoms with Gasteiger partial charge < -0.3 is 10.5 Å². The van der Waals surface area contributed by atoms with Crippen LogP contribution in [0.3, 0.4) is 0 Å². The molecule has 4 rings (SSSR count). The van der Waals surface area contributed by atoms with E-state index in [0.717, 1.165) is 21.9 Å². The highest BCUT2D eigenvalue weighted by atomic mass is 35.5. The molecule has 0 aliphatic heterocycles. The molecular formula is C24H21ClN2O. The van der Waals surface area contributed by atoms with Gasteiger partial charge in [-0.3, -0.25) is 0 Å². The number of rotatable bonds is 4. The third kappa shape index (κ3) is 5.86. The van der Waals surface area contributed by atoms with Crippen LogP contribution in [0.25, 0.3) is 11.1 Å². The molecule has 0 aliphatic rings. The molecule has 3 nitrogen and oxygen atoms in total. The minimum atomic E-state index is 0.470. The Morgan fingerprint density at radius 1 is 0.750 bits per heavy atom. The first-order valence-electron chi connectivity index (χ1n) is 8.90. The van der Waals surface area contributed by atoms with E-state index in [4.69, 9.17) is 22.1 Å². The summed E-state index contributed by atoms with van der Waals surface area (Å²) in [6.07, 6.45) is 1.66. The van der Waals surface area contributed by atoms with E-state index in [2.05, 4.69) is 23.2 Å². The third-order valence-corrected chi connectivity index (χ3v) is 4.35. The lowest BCUT2D eigenvalue weighted by Crippen LogP contribution is -1.96. The highest BCUT2D eigenvalue weighted by Gasteiger charge is 2.02. The topological polar surface area (TPSA) is 48.1 Å². The van der Waals surface area contributed by atoms with Crippen molar-refractivity contribution in [1.29, 1.82) is 0 Å². The van der Waals surface area contributed by atoms with Crippen molar-refractivity contribution in [2.24, 2.45) is 0 Å². The van der Waals surface area contributed by atoms with Gasteiger partial charge in [0, 0.05) is 16.8 Å². The SMILES string of the molecule is Clc1ccccc1COc1cccc(-c2ccccc2)c1.Nc1ccccn1. The second kappa shape index (κ2) is 10.1. The Labute approximate surface area is 170 Å². The fraction of sp³-hybridized carbons (Fsp3) is 0.0417. The third-order valence-electron chi connectivity index (χ3n) is 3.98. The van der Waals surface area contributed by atoms with Crippen molar-refractivity contribution in [1.82, 2.24) is 4.98 Å². The Bertz CT molecular complexity index is 991. The smallest absolute Gasteiger partial charge is 0.123 e. The van der Waals surface area contributed by atoms with E-state index < -0.39 is 0 Å². The summed E-state index contributed by atoms with van der Waals surface area (Å²) in [5.41, 5.74) is 8.56. The second-order valence-corrected chi connectivity index (χ2v) is 6.44. The Balaban J connectivity index is 0.000000271. The fourth-order valence-corrected chi connectivity index (χ4v) is 2.74. The Morgan fingerprint density at radius 3 is 2.14 bits per heavy atom. The summed E-state index contributed by atoms with van der Waals surface area (Å²) in [5, 5.41) is 0.733. The molecule has 3 aromatic carbocycles. The number of nitrogens with two attached hydrogens (primary N) is 1. The van der Waals surface area contributed by atoms with Crippen LogP contribution in [0.15, 0.2) is 103 Å². The van der Waals surface area contributed by atoms with Crippen LogP contribution in [0.4, 0.5) is 5.82 Å². The molecule has 1 aromatic heterocycles. The second-order valence-electron chi connectivity index (χ2n) is 6.03. The van der Waals surface area contributed by atoms with Crippen LogP contribution in [0.2, 0.25) is 5.02 Å². The zero-order valence-electron chi connectivity index (χ0n) is 15.3. The number of anilines is 1. The van der Waals surface area contributed by atoms with Gasteiger partial charge in [0.15, 0.2) is 0 Å². The summed E-state index contributed by atoms with van der Waals surface area (Å²) < 4.78 is 5.85. The van der Waals surface area contributed by atoms with Crippen LogP contribution < -0.4 is 10.5 Å². The summed E-state index contributed by atoms with van der Waals surface area (Å²) in [5.74, 6) is 1.42. The van der Waals surface area contributed by atoms with E-state index in [1.54, 1.807) is 12.3 Å². The predicted molar refractivity (Wildman–Crippen MR) is 116 cm³/mol. The highest BCUT2D eigenvalue weighted by Crippen LogP contribution is 2.25. The summed E-state index contributed by atoms with van der Waals surface area (Å²) in [6, 6.07) is 31.5. The van der Waals surface area contributed by atoms with Crippen LogP contribution in [0.1, 0.15) is 5.56 Å². The van der Waals surface area contributed by atoms with Gasteiger partial charge in [-0.15, -0.1) is 0 Å². The molecule has 28 heavy (non-hydrogen) atoms. The lowest BCUT2D eigenvalue weighted by Gasteiger charge is -2.09. The van der Waals surface area contributed by atoms with E-state index >= 15 is 0 Å². The Kier molecular flexibility index (Phi) is 7.05. The summed E-state index contributed by atoms with van der Waals surface area (Å²) in [6.45, 7) is 0.470. The molecule has 0 aliphatic carbocycles. The summed E-state index contributed by atoms with van der Waals surface area (Å²) in [7, 11) is 0. The quantitative estimate of drug-likeness (QED) is 0.449. The van der Waals surface area contributed by atoms with Gasteiger partial charge in [0.2, 0.25) is 0 Å². The number of hydrogen-bond acceptors (Lipinski definition) is 3. The lowest BCUT2D eigenvalue weighted by atomic mass is 10.1. The average Bonchev–Trinajstić information content (AvgIpc) is 2.75. The van der Waals surface area contributed by atoms with Gasteiger partial charge in [-0.25, -0.2) is 4.98 Å². The van der Waals surface area contributed by atoms with Gasteiger partial charge in [-0.05, 0) is 41.5 Å². The number of halogens is 1. The van der Waals surface area contributed by atoms with Crippen molar-refractivity contribution in [3.05, 3.63) is 114 Å². The summed E-state index contributed by atoms with van der Waals surface area (Å²) in [4.78, 5) is 3.76. The standard InChI is InChI=1S/C19H15ClO.C5H6N2/c20-19-12-5-4-9-17(19)14-21-18-11-6-10-16(13-18)15-7-2-1-3-8-15;6-5-3-1-2-4-7-5/h1-13H,14H2;1-4H,(H2,6,7). The first-order chi connectivity index (χ1) is 13.7. The molecule has 0 fully saturated rings. The van der Waals surface area contributed by atoms with E-state index in [-0.39, 0.29) is 0 Å². The molecule has 4 heteroatoms. The molecule has 2 N–H and O–H groups in total. The van der Waals surface area contributed by atoms with E-state index in [9.17, 15) is 0 Å². The largest absolute Gasteiger partial charge is 0.489 e. The number of hydrogen-bond donors (Lipinski definition) is 1. The molecule has 0 atom stereocenters. The van der Waals surface area contributed by atoms with Gasteiger partial charge >= 0.3 is 0 Å². The molecule has 0 spiro atoms. The molecule has 0 bridgehead atoms. The molecule has 140 valence electrons. The number of pyridine rings is 1. The van der Waals surface area contributed by atoms with Gasteiger partial charge in [-0.1, -0.05) is 78.3 Å². The number of benzene rings is 3. The minimum absolute atomic E-state index is 0.470. The Morgan fingerprint density at radius 2 is 1.46 bits per heavy atom. The van der Waals surface area contributed by atoms with Crippen LogP contribution in [0, 0.1) is 0 Å². The van der Waals surface area contributed by atoms with Crippen LogP contribution in [-0.2, 0) is 6.61 Å². The molecule has 1 heterocycles. The van der Waals surface area contributed by atoms with Crippen molar-refractivity contribution in [2.45, 2.75) is 6.61 Å². The Hall–Kier alpha value is -3.30. The van der Waals surface area contributed by atoms with Crippen molar-refractivity contribution in [3.63, 3.8) is 0 Å². The number of ether oxygens (including phenoxy) is 1. The van der Waals surface area contributed by atoms with E-state index in [1.807, 2.05) is 72.8 Å². The number of nitrogen functional groups attached to an aromatic ring is 1. The maximum atomic E-state index is 6.14. The highest BCUT2D eigenvalue weighted by molar-refractivity contribution is 6.31. The monoisotopic (exact) mass is 388 g/mol. The molecular weight excluding hydrogens is 368 g/mol. The van der Waals surface area contributed by atoms with Crippen molar-refractivity contribution in [3.8, 4) is 16.9 Å². The number of nitrogens with zero attached hydrogens (tertiary/aromatic N) is 1. The lowest BCUT2D eigenvalue weighted by molar-refractivity contribution is 0.306. The zero-order valence-corrected chi connectivity index (χ0v) is 16.1. The van der Waals surface area contributed by atoms with Crippen molar-refractivity contribution >= 4 is 17.4 Å². The predicted octanol–water partition coefficient (Wildman–Crippen LogP) is 6.25. The van der Waals surface area contributed by atoms with E-state index in [0.29, 0.717) is 12.4 Å². The molecule has 0 radical (unpaired) electrons. The van der Waals surface area contributed by atoms with Gasteiger partial charge in [-0.2, -0.15) is 0 Å². The maximum Gasteiger partial charge on any atom is 0.123 e. The fourth-order valence-electron chi connectivity index (χ4n) is 2.55. The maximum absolute atomic E-state index is 6.14. The molecule has 0 amide bonds. The van der Waals surface area contributed by atoms with Crippen LogP contribution >= 0.6 is 11.6 Å². The van der Waals surface area contributed by atoms with Gasteiger partial charge in [0.25, 0.3) is 0 Å². The normalized spacial score (nSPS) is 9.89. The molecule has 0 saturated heterocycles. The summed E-state index contributed by atoms with van der Waals surface area (Å²) >= 11 is 6.14. The average molecular weight is 389 g/mol. The zero-order chi connectivity index (χ0) is 19.6. The van der Waals surface area contributed by atoms with Crippen LogP contribution in [-0.4, -0.2) is 4.98 Å². The molecule has 0 unspecified atom stereocenters. The van der Waals surface area contributed by atoms with Crippen LogP contribution in [0.5, 0.6) is 5.75 Å². The van der Waals surface area contributed by atoms with Crippen molar-refractivity contribution < 1.29 is 4.74 Å². The molecule has 0 saturated carbocycles. The minimum Gasteiger partial charge on any atom is -0.489 e. The van der Waals surface area contributed by atoms with E-state index in [1.165, 1.54) is 5.56 Å². The molecule has 4 aromatic rings. The van der Waals surface area contributed by atoms with Gasteiger partial charge in [0.05, 0.1) is 0 Å². The first kappa shape index (κ1) is 19.5. The first-order valence-corrected chi connectivity index (χ1v) is 9.28. The van der Waals surface area contributed by atoms with Crippen molar-refractivity contribution in [2.75, 3.05) is 5.73 Å². The number of aromatic nitrogens is 1. The van der Waals surface area contributed by atoms with Gasteiger partial charge in [0.1, 0.15) is 18.2 Å².